The third kappa shape index (κ3) is 4.96. The van der Waals surface area contributed by atoms with Crippen molar-refractivity contribution in [1.29, 1.82) is 0 Å². The minimum Gasteiger partial charge on any atom is -0.494 e. The summed E-state index contributed by atoms with van der Waals surface area (Å²) in [6.45, 7) is 4.35. The highest BCUT2D eigenvalue weighted by Gasteiger charge is 2.19. The molecule has 25 heavy (non-hydrogen) atoms. The molecule has 0 aliphatic rings. The first-order valence-electron chi connectivity index (χ1n) is 7.59. The zero-order valence-electron chi connectivity index (χ0n) is 13.8. The van der Waals surface area contributed by atoms with Crippen LogP contribution < -0.4 is 9.46 Å². The van der Waals surface area contributed by atoms with E-state index in [-0.39, 0.29) is 21.5 Å². The van der Waals surface area contributed by atoms with E-state index in [9.17, 15) is 13.2 Å². The second-order valence-corrected chi connectivity index (χ2v) is 7.43. The van der Waals surface area contributed by atoms with Crippen molar-refractivity contribution >= 4 is 37.6 Å². The van der Waals surface area contributed by atoms with Crippen molar-refractivity contribution in [1.82, 2.24) is 0 Å². The minimum atomic E-state index is -3.81. The standard InChI is InChI=1S/C17H18BrNO5S/c1-3-23-14-8-6-13(7-9-14)19-25(21,22)16-10-5-12(11-15(16)18)17(20)24-4-2/h5-11,19H,3-4H2,1-2H3. The Morgan fingerprint density at radius 2 is 1.76 bits per heavy atom. The molecule has 2 rings (SSSR count). The number of rotatable bonds is 7. The highest BCUT2D eigenvalue weighted by atomic mass is 79.9. The molecule has 8 heteroatoms. The number of hydrogen-bond donors (Lipinski definition) is 1. The molecule has 6 nitrogen and oxygen atoms in total. The van der Waals surface area contributed by atoms with Crippen LogP contribution in [-0.4, -0.2) is 27.6 Å². The molecule has 0 unspecified atom stereocenters. The number of esters is 1. The summed E-state index contributed by atoms with van der Waals surface area (Å²) < 4.78 is 38.1. The Balaban J connectivity index is 2.22. The summed E-state index contributed by atoms with van der Waals surface area (Å²) in [5.74, 6) is 0.150. The van der Waals surface area contributed by atoms with E-state index in [4.69, 9.17) is 9.47 Å². The van der Waals surface area contributed by atoms with E-state index in [0.717, 1.165) is 0 Å². The summed E-state index contributed by atoms with van der Waals surface area (Å²) >= 11 is 3.20. The van der Waals surface area contributed by atoms with Crippen molar-refractivity contribution in [3.63, 3.8) is 0 Å². The number of carbonyl (C=O) groups excluding carboxylic acids is 1. The van der Waals surface area contributed by atoms with E-state index in [0.29, 0.717) is 18.0 Å². The molecule has 0 radical (unpaired) electrons. The van der Waals surface area contributed by atoms with Gasteiger partial charge in [0.15, 0.2) is 0 Å². The normalized spacial score (nSPS) is 11.0. The maximum Gasteiger partial charge on any atom is 0.338 e. The Morgan fingerprint density at radius 1 is 1.08 bits per heavy atom. The van der Waals surface area contributed by atoms with Gasteiger partial charge in [-0.05, 0) is 72.2 Å². The highest BCUT2D eigenvalue weighted by Crippen LogP contribution is 2.26. The number of benzene rings is 2. The third-order valence-corrected chi connectivity index (χ3v) is 5.51. The van der Waals surface area contributed by atoms with Crippen LogP contribution in [0.3, 0.4) is 0 Å². The van der Waals surface area contributed by atoms with Crippen LogP contribution in [0.15, 0.2) is 51.8 Å². The van der Waals surface area contributed by atoms with E-state index in [1.807, 2.05) is 6.92 Å². The SMILES string of the molecule is CCOC(=O)c1ccc(S(=O)(=O)Nc2ccc(OCC)cc2)c(Br)c1. The van der Waals surface area contributed by atoms with E-state index < -0.39 is 16.0 Å². The lowest BCUT2D eigenvalue weighted by Crippen LogP contribution is -2.14. The number of hydrogen-bond acceptors (Lipinski definition) is 5. The van der Waals surface area contributed by atoms with Crippen LogP contribution >= 0.6 is 15.9 Å². The van der Waals surface area contributed by atoms with Gasteiger partial charge in [0.1, 0.15) is 10.6 Å². The number of sulfonamides is 1. The summed E-state index contributed by atoms with van der Waals surface area (Å²) in [4.78, 5) is 11.7. The zero-order chi connectivity index (χ0) is 18.4. The predicted molar refractivity (Wildman–Crippen MR) is 98.5 cm³/mol. The molecular weight excluding hydrogens is 410 g/mol. The maximum atomic E-state index is 12.6. The molecule has 0 saturated heterocycles. The van der Waals surface area contributed by atoms with Gasteiger partial charge in [-0.15, -0.1) is 0 Å². The van der Waals surface area contributed by atoms with Crippen molar-refractivity contribution < 1.29 is 22.7 Å². The predicted octanol–water partition coefficient (Wildman–Crippen LogP) is 3.83. The van der Waals surface area contributed by atoms with Crippen molar-refractivity contribution in [2.75, 3.05) is 17.9 Å². The first-order valence-corrected chi connectivity index (χ1v) is 9.87. The molecule has 134 valence electrons. The van der Waals surface area contributed by atoms with Crippen LogP contribution in [-0.2, 0) is 14.8 Å². The zero-order valence-corrected chi connectivity index (χ0v) is 16.2. The first kappa shape index (κ1) is 19.3. The second kappa shape index (κ2) is 8.35. The van der Waals surface area contributed by atoms with Gasteiger partial charge < -0.3 is 9.47 Å². The quantitative estimate of drug-likeness (QED) is 0.678. The molecule has 2 aromatic carbocycles. The van der Waals surface area contributed by atoms with Crippen molar-refractivity contribution in [2.24, 2.45) is 0 Å². The largest absolute Gasteiger partial charge is 0.494 e. The average molecular weight is 428 g/mol. The second-order valence-electron chi connectivity index (χ2n) is 4.93. The topological polar surface area (TPSA) is 81.7 Å². The van der Waals surface area contributed by atoms with Crippen LogP contribution in [0.1, 0.15) is 24.2 Å². The van der Waals surface area contributed by atoms with Crippen LogP contribution in [0.4, 0.5) is 5.69 Å². The fourth-order valence-electron chi connectivity index (χ4n) is 2.06. The Labute approximate surface area is 155 Å². The lowest BCUT2D eigenvalue weighted by molar-refractivity contribution is 0.0526. The van der Waals surface area contributed by atoms with Crippen LogP contribution in [0.25, 0.3) is 0 Å². The van der Waals surface area contributed by atoms with Crippen LogP contribution in [0.2, 0.25) is 0 Å². The lowest BCUT2D eigenvalue weighted by atomic mass is 10.2. The van der Waals surface area contributed by atoms with E-state index >= 15 is 0 Å². The molecule has 0 atom stereocenters. The molecule has 0 fully saturated rings. The van der Waals surface area contributed by atoms with Crippen molar-refractivity contribution in [3.8, 4) is 5.75 Å². The van der Waals surface area contributed by atoms with Gasteiger partial charge in [0, 0.05) is 10.2 Å². The van der Waals surface area contributed by atoms with Crippen LogP contribution in [0.5, 0.6) is 5.75 Å². The Bertz CT molecular complexity index is 850. The van der Waals surface area contributed by atoms with Crippen molar-refractivity contribution in [2.45, 2.75) is 18.7 Å². The van der Waals surface area contributed by atoms with Gasteiger partial charge in [-0.3, -0.25) is 4.72 Å². The Kier molecular flexibility index (Phi) is 6.44. The summed E-state index contributed by atoms with van der Waals surface area (Å²) in [5, 5.41) is 0. The van der Waals surface area contributed by atoms with Gasteiger partial charge in [-0.1, -0.05) is 0 Å². The average Bonchev–Trinajstić information content (AvgIpc) is 2.56. The third-order valence-electron chi connectivity index (χ3n) is 3.15. The van der Waals surface area contributed by atoms with Crippen LogP contribution in [0, 0.1) is 0 Å². The molecule has 0 aliphatic heterocycles. The van der Waals surface area contributed by atoms with Gasteiger partial charge in [0.25, 0.3) is 10.0 Å². The van der Waals surface area contributed by atoms with Gasteiger partial charge >= 0.3 is 5.97 Å². The number of carbonyl (C=O) groups is 1. The first-order chi connectivity index (χ1) is 11.9. The van der Waals surface area contributed by atoms with E-state index in [1.54, 1.807) is 31.2 Å². The molecule has 0 spiro atoms. The van der Waals surface area contributed by atoms with E-state index in [2.05, 4.69) is 20.7 Å². The molecule has 0 saturated carbocycles. The molecular formula is C17H18BrNO5S. The molecule has 0 heterocycles. The molecule has 1 N–H and O–H groups in total. The summed E-state index contributed by atoms with van der Waals surface area (Å²) in [6, 6.07) is 10.8. The molecule has 0 aliphatic carbocycles. The fourth-order valence-corrected chi connectivity index (χ4v) is 4.19. The molecule has 0 bridgehead atoms. The molecule has 0 amide bonds. The smallest absolute Gasteiger partial charge is 0.338 e. The fraction of sp³-hybridized carbons (Fsp3) is 0.235. The minimum absolute atomic E-state index is 0.0226. The maximum absolute atomic E-state index is 12.6. The Morgan fingerprint density at radius 3 is 2.32 bits per heavy atom. The summed E-state index contributed by atoms with van der Waals surface area (Å²) in [5.41, 5.74) is 0.679. The Hall–Kier alpha value is -2.06. The summed E-state index contributed by atoms with van der Waals surface area (Å²) in [7, 11) is -3.81. The van der Waals surface area contributed by atoms with Gasteiger partial charge in [0.2, 0.25) is 0 Å². The lowest BCUT2D eigenvalue weighted by Gasteiger charge is -2.11. The molecule has 2 aromatic rings. The van der Waals surface area contributed by atoms with Gasteiger partial charge in [-0.2, -0.15) is 0 Å². The number of anilines is 1. The monoisotopic (exact) mass is 427 g/mol. The molecule has 0 aromatic heterocycles. The van der Waals surface area contributed by atoms with Crippen molar-refractivity contribution in [3.05, 3.63) is 52.5 Å². The number of nitrogens with one attached hydrogen (secondary N) is 1. The highest BCUT2D eigenvalue weighted by molar-refractivity contribution is 9.10. The van der Waals surface area contributed by atoms with E-state index in [1.165, 1.54) is 18.2 Å². The number of ether oxygens (including phenoxy) is 2. The summed E-state index contributed by atoms with van der Waals surface area (Å²) in [6.07, 6.45) is 0. The van der Waals surface area contributed by atoms with Gasteiger partial charge in [-0.25, -0.2) is 13.2 Å². The number of halogens is 1. The van der Waals surface area contributed by atoms with Gasteiger partial charge in [0.05, 0.1) is 18.8 Å².